The quantitative estimate of drug-likeness (QED) is 0.673. The van der Waals surface area contributed by atoms with Crippen LogP contribution in [0.5, 0.6) is 0 Å². The van der Waals surface area contributed by atoms with Crippen LogP contribution in [0.2, 0.25) is 0 Å². The molecule has 0 aliphatic carbocycles. The van der Waals surface area contributed by atoms with E-state index < -0.39 is 17.8 Å². The van der Waals surface area contributed by atoms with Gasteiger partial charge in [-0.2, -0.15) is 13.2 Å². The van der Waals surface area contributed by atoms with Crippen LogP contribution in [0.4, 0.5) is 35.0 Å². The molecule has 2 aromatic rings. The highest BCUT2D eigenvalue weighted by Crippen LogP contribution is 2.37. The summed E-state index contributed by atoms with van der Waals surface area (Å²) >= 11 is 0. The highest BCUT2D eigenvalue weighted by atomic mass is 19.4. The lowest BCUT2D eigenvalue weighted by molar-refractivity contribution is -0.137. The van der Waals surface area contributed by atoms with Crippen molar-refractivity contribution >= 4 is 29.0 Å². The summed E-state index contributed by atoms with van der Waals surface area (Å²) in [5.41, 5.74) is 0.185. The van der Waals surface area contributed by atoms with Crippen LogP contribution in [0.15, 0.2) is 48.5 Å². The van der Waals surface area contributed by atoms with Crippen molar-refractivity contribution in [1.29, 1.82) is 0 Å². The summed E-state index contributed by atoms with van der Waals surface area (Å²) in [6.45, 7) is 3.89. The second-order valence-electron chi connectivity index (χ2n) is 8.34. The summed E-state index contributed by atoms with van der Waals surface area (Å²) in [4.78, 5) is 30.4. The van der Waals surface area contributed by atoms with Gasteiger partial charge < -0.3 is 30.1 Å². The van der Waals surface area contributed by atoms with Gasteiger partial charge in [-0.1, -0.05) is 18.2 Å². The number of alkyl halides is 3. The lowest BCUT2D eigenvalue weighted by Gasteiger charge is -2.36. The minimum atomic E-state index is -4.65. The number of piperazine rings is 1. The zero-order valence-corrected chi connectivity index (χ0v) is 19.2. The highest BCUT2D eigenvalue weighted by Gasteiger charge is 2.35. The first-order valence-corrected chi connectivity index (χ1v) is 11.5. The Bertz CT molecular complexity index is 1020. The van der Waals surface area contributed by atoms with Gasteiger partial charge in [0, 0.05) is 50.6 Å². The number of nitrogens with zero attached hydrogens (tertiary/aromatic N) is 3. The second kappa shape index (κ2) is 10.9. The zero-order chi connectivity index (χ0) is 24.8. The number of anilines is 3. The largest absolute Gasteiger partial charge is 0.418 e. The zero-order valence-electron chi connectivity index (χ0n) is 19.2. The van der Waals surface area contributed by atoms with Crippen molar-refractivity contribution < 1.29 is 27.5 Å². The Kier molecular flexibility index (Phi) is 7.64. The van der Waals surface area contributed by atoms with Crippen molar-refractivity contribution in [2.75, 3.05) is 74.1 Å². The van der Waals surface area contributed by atoms with Crippen LogP contribution in [0, 0.1) is 0 Å². The molecule has 0 unspecified atom stereocenters. The van der Waals surface area contributed by atoms with Gasteiger partial charge in [-0.15, -0.1) is 0 Å². The van der Waals surface area contributed by atoms with Crippen LogP contribution in [0.25, 0.3) is 0 Å². The van der Waals surface area contributed by atoms with Gasteiger partial charge in [0.1, 0.15) is 0 Å². The second-order valence-corrected chi connectivity index (χ2v) is 8.34. The monoisotopic (exact) mass is 491 g/mol. The van der Waals surface area contributed by atoms with Crippen LogP contribution < -0.4 is 20.4 Å². The normalized spacial score (nSPS) is 16.7. The summed E-state index contributed by atoms with van der Waals surface area (Å²) in [6.07, 6.45) is -4.65. The third-order valence-electron chi connectivity index (χ3n) is 6.09. The molecule has 2 heterocycles. The number of nitrogens with one attached hydrogen (secondary N) is 2. The average Bonchev–Trinajstić information content (AvgIpc) is 2.88. The molecule has 3 amide bonds. The van der Waals surface area contributed by atoms with Gasteiger partial charge in [-0.25, -0.2) is 4.79 Å². The molecule has 0 atom stereocenters. The molecule has 2 aliphatic heterocycles. The maximum Gasteiger partial charge on any atom is 0.418 e. The van der Waals surface area contributed by atoms with E-state index in [2.05, 4.69) is 15.5 Å². The molecule has 0 bridgehead atoms. The molecule has 0 radical (unpaired) electrons. The molecule has 0 spiro atoms. The van der Waals surface area contributed by atoms with E-state index in [1.54, 1.807) is 9.80 Å². The van der Waals surface area contributed by atoms with E-state index in [-0.39, 0.29) is 18.1 Å². The minimum absolute atomic E-state index is 0.286. The molecule has 2 aromatic carbocycles. The summed E-state index contributed by atoms with van der Waals surface area (Å²) in [6, 6.07) is 12.8. The maximum absolute atomic E-state index is 13.7. The molecular formula is C24H28F3N5O3. The van der Waals surface area contributed by atoms with E-state index >= 15 is 0 Å². The molecule has 0 aromatic heterocycles. The Morgan fingerprint density at radius 3 is 2.17 bits per heavy atom. The molecule has 35 heavy (non-hydrogen) atoms. The number of rotatable bonds is 5. The maximum atomic E-state index is 13.7. The number of benzene rings is 2. The van der Waals surface area contributed by atoms with Gasteiger partial charge in [0.2, 0.25) is 5.91 Å². The van der Waals surface area contributed by atoms with Crippen LogP contribution in [-0.4, -0.2) is 75.9 Å². The number of carbonyl (C=O) groups excluding carboxylic acids is 2. The summed E-state index contributed by atoms with van der Waals surface area (Å²) in [7, 11) is 0. The Hall–Kier alpha value is -3.47. The number of carbonyl (C=O) groups is 2. The van der Waals surface area contributed by atoms with Crippen LogP contribution in [0.3, 0.4) is 0 Å². The van der Waals surface area contributed by atoms with Crippen molar-refractivity contribution in [1.82, 2.24) is 10.2 Å². The van der Waals surface area contributed by atoms with E-state index in [0.29, 0.717) is 58.2 Å². The van der Waals surface area contributed by atoms with Gasteiger partial charge in [-0.3, -0.25) is 4.79 Å². The summed E-state index contributed by atoms with van der Waals surface area (Å²) in [5.74, 6) is -0.286. The number of para-hydroxylation sites is 1. The number of amides is 3. The first-order chi connectivity index (χ1) is 16.8. The fraction of sp³-hybridized carbons (Fsp3) is 0.417. The highest BCUT2D eigenvalue weighted by molar-refractivity contribution is 5.93. The lowest BCUT2D eigenvalue weighted by atomic mass is 10.1. The smallest absolute Gasteiger partial charge is 0.378 e. The molecule has 11 heteroatoms. The van der Waals surface area contributed by atoms with Crippen molar-refractivity contribution in [2.24, 2.45) is 0 Å². The predicted molar refractivity (Wildman–Crippen MR) is 127 cm³/mol. The molecule has 188 valence electrons. The predicted octanol–water partition coefficient (Wildman–Crippen LogP) is 3.01. The number of hydrogen-bond donors (Lipinski definition) is 2. The van der Waals surface area contributed by atoms with Gasteiger partial charge in [-0.05, 0) is 30.3 Å². The number of urea groups is 1. The Morgan fingerprint density at radius 1 is 0.857 bits per heavy atom. The van der Waals surface area contributed by atoms with Crippen molar-refractivity contribution in [2.45, 2.75) is 6.18 Å². The number of halogens is 3. The molecule has 4 rings (SSSR count). The third-order valence-corrected chi connectivity index (χ3v) is 6.09. The van der Waals surface area contributed by atoms with Gasteiger partial charge >= 0.3 is 12.2 Å². The Balaban J connectivity index is 1.30. The van der Waals surface area contributed by atoms with E-state index in [0.717, 1.165) is 11.8 Å². The van der Waals surface area contributed by atoms with E-state index in [1.807, 2.05) is 30.3 Å². The van der Waals surface area contributed by atoms with Crippen molar-refractivity contribution in [3.8, 4) is 0 Å². The van der Waals surface area contributed by atoms with Crippen LogP contribution >= 0.6 is 0 Å². The number of ether oxygens (including phenoxy) is 1. The first kappa shape index (κ1) is 24.6. The van der Waals surface area contributed by atoms with Gasteiger partial charge in [0.15, 0.2) is 0 Å². The number of hydrogen-bond acceptors (Lipinski definition) is 5. The Labute approximate surface area is 201 Å². The topological polar surface area (TPSA) is 77.2 Å². The minimum Gasteiger partial charge on any atom is -0.378 e. The van der Waals surface area contributed by atoms with Crippen LogP contribution in [-0.2, 0) is 15.7 Å². The summed E-state index contributed by atoms with van der Waals surface area (Å²) in [5, 5.41) is 4.62. The van der Waals surface area contributed by atoms with E-state index in [4.69, 9.17) is 4.74 Å². The van der Waals surface area contributed by atoms with Crippen LogP contribution in [0.1, 0.15) is 5.56 Å². The fourth-order valence-electron chi connectivity index (χ4n) is 4.18. The molecular weight excluding hydrogens is 463 g/mol. The van der Waals surface area contributed by atoms with E-state index in [9.17, 15) is 22.8 Å². The third kappa shape index (κ3) is 6.36. The van der Waals surface area contributed by atoms with Crippen molar-refractivity contribution in [3.05, 3.63) is 54.1 Å². The lowest BCUT2D eigenvalue weighted by Crippen LogP contribution is -2.51. The number of morpholine rings is 1. The molecule has 2 N–H and O–H groups in total. The standard InChI is InChI=1S/C24H28F3N5O3/c25-24(26,27)20-16-19(31-12-14-35-15-13-31)6-7-21(20)29-23(34)28-17-22(33)32-10-8-30(9-11-32)18-4-2-1-3-5-18/h1-7,16H,8-15,17H2,(H2,28,29,34). The Morgan fingerprint density at radius 2 is 1.51 bits per heavy atom. The molecule has 2 fully saturated rings. The van der Waals surface area contributed by atoms with Crippen molar-refractivity contribution in [3.63, 3.8) is 0 Å². The van der Waals surface area contributed by atoms with Gasteiger partial charge in [0.25, 0.3) is 0 Å². The van der Waals surface area contributed by atoms with Gasteiger partial charge in [0.05, 0.1) is 31.0 Å². The SMILES string of the molecule is O=C(NCC(=O)N1CCN(c2ccccc2)CC1)Nc1ccc(N2CCOCC2)cc1C(F)(F)F. The fourth-order valence-corrected chi connectivity index (χ4v) is 4.18. The first-order valence-electron chi connectivity index (χ1n) is 11.5. The average molecular weight is 492 g/mol. The molecule has 8 nitrogen and oxygen atoms in total. The molecule has 2 saturated heterocycles. The summed E-state index contributed by atoms with van der Waals surface area (Å²) < 4.78 is 46.3. The van der Waals surface area contributed by atoms with E-state index in [1.165, 1.54) is 12.1 Å². The molecule has 2 aliphatic rings. The molecule has 0 saturated carbocycles.